The average molecular weight is 135 g/mol. The van der Waals surface area contributed by atoms with Crippen LogP contribution in [0, 0.1) is 6.07 Å². The topological polar surface area (TPSA) is 24.1 Å². The molecule has 0 saturated carbocycles. The van der Waals surface area contributed by atoms with E-state index in [1.807, 2.05) is 32.3 Å². The van der Waals surface area contributed by atoms with Crippen molar-refractivity contribution in [2.24, 2.45) is 0 Å². The highest BCUT2D eigenvalue weighted by atomic mass is 14.8. The lowest BCUT2D eigenvalue weighted by molar-refractivity contribution is 1.47. The molecule has 0 bridgehead atoms. The van der Waals surface area contributed by atoms with Crippen LogP contribution in [0.25, 0.3) is 0 Å². The van der Waals surface area contributed by atoms with Crippen molar-refractivity contribution >= 4 is 11.4 Å². The lowest BCUT2D eigenvalue weighted by Gasteiger charge is -2.00. The lowest BCUT2D eigenvalue weighted by atomic mass is 10.3. The van der Waals surface area contributed by atoms with Crippen LogP contribution in [0.5, 0.6) is 0 Å². The molecule has 10 heavy (non-hydrogen) atoms. The van der Waals surface area contributed by atoms with E-state index in [1.165, 1.54) is 0 Å². The van der Waals surface area contributed by atoms with Crippen LogP contribution in [-0.2, 0) is 0 Å². The molecule has 0 aliphatic heterocycles. The third-order valence-corrected chi connectivity index (χ3v) is 1.37. The minimum absolute atomic E-state index is 1.01. The summed E-state index contributed by atoms with van der Waals surface area (Å²) in [7, 11) is 3.77. The van der Waals surface area contributed by atoms with E-state index in [0.29, 0.717) is 0 Å². The van der Waals surface area contributed by atoms with Crippen LogP contribution in [-0.4, -0.2) is 14.1 Å². The Labute approximate surface area is 61.3 Å². The van der Waals surface area contributed by atoms with Gasteiger partial charge in [0.05, 0.1) is 0 Å². The Morgan fingerprint density at radius 3 is 2.40 bits per heavy atom. The smallest absolute Gasteiger partial charge is 0.0419 e. The Hall–Kier alpha value is -1.18. The van der Waals surface area contributed by atoms with Gasteiger partial charge >= 0.3 is 0 Å². The third-order valence-electron chi connectivity index (χ3n) is 1.37. The second-order valence-corrected chi connectivity index (χ2v) is 1.99. The van der Waals surface area contributed by atoms with E-state index in [1.54, 1.807) is 0 Å². The molecular weight excluding hydrogens is 124 g/mol. The van der Waals surface area contributed by atoms with Crippen molar-refractivity contribution in [3.63, 3.8) is 0 Å². The lowest BCUT2D eigenvalue weighted by Crippen LogP contribution is -1.90. The standard InChI is InChI=1S/C8H11N2/c1-9-7-3-5-8(10-2)6-4-7/h3-5,9-10H,1-2H3. The van der Waals surface area contributed by atoms with Gasteiger partial charge in [-0.3, -0.25) is 0 Å². The van der Waals surface area contributed by atoms with Gasteiger partial charge in [-0.1, -0.05) is 0 Å². The molecule has 0 unspecified atom stereocenters. The van der Waals surface area contributed by atoms with Gasteiger partial charge in [-0.15, -0.1) is 0 Å². The minimum Gasteiger partial charge on any atom is -0.388 e. The molecule has 0 heterocycles. The molecule has 0 amide bonds. The van der Waals surface area contributed by atoms with Crippen molar-refractivity contribution in [3.8, 4) is 0 Å². The summed E-state index contributed by atoms with van der Waals surface area (Å²) in [6, 6.07) is 8.95. The molecule has 2 nitrogen and oxygen atoms in total. The molecule has 1 aromatic rings. The van der Waals surface area contributed by atoms with E-state index in [9.17, 15) is 0 Å². The van der Waals surface area contributed by atoms with Crippen LogP contribution in [0.4, 0.5) is 11.4 Å². The molecule has 53 valence electrons. The first-order valence-corrected chi connectivity index (χ1v) is 3.24. The minimum atomic E-state index is 1.01. The predicted octanol–water partition coefficient (Wildman–Crippen LogP) is 1.57. The number of hydrogen-bond acceptors (Lipinski definition) is 2. The molecule has 0 fully saturated rings. The van der Waals surface area contributed by atoms with Crippen molar-refractivity contribution in [2.75, 3.05) is 24.7 Å². The van der Waals surface area contributed by atoms with Crippen molar-refractivity contribution in [3.05, 3.63) is 24.3 Å². The summed E-state index contributed by atoms with van der Waals surface area (Å²) < 4.78 is 0. The van der Waals surface area contributed by atoms with Gasteiger partial charge in [0.15, 0.2) is 0 Å². The summed E-state index contributed by atoms with van der Waals surface area (Å²) in [6.45, 7) is 0. The van der Waals surface area contributed by atoms with Crippen molar-refractivity contribution in [1.82, 2.24) is 0 Å². The number of rotatable bonds is 2. The maximum Gasteiger partial charge on any atom is 0.0419 e. The van der Waals surface area contributed by atoms with Crippen LogP contribution < -0.4 is 10.6 Å². The van der Waals surface area contributed by atoms with Gasteiger partial charge in [-0.05, 0) is 18.2 Å². The van der Waals surface area contributed by atoms with Gasteiger partial charge in [0.25, 0.3) is 0 Å². The maximum absolute atomic E-state index is 3.06. The van der Waals surface area contributed by atoms with Gasteiger partial charge in [-0.25, -0.2) is 0 Å². The second-order valence-electron chi connectivity index (χ2n) is 1.99. The highest BCUT2D eigenvalue weighted by Gasteiger charge is 1.87. The molecule has 2 heteroatoms. The van der Waals surface area contributed by atoms with E-state index in [0.717, 1.165) is 11.4 Å². The highest BCUT2D eigenvalue weighted by molar-refractivity contribution is 5.51. The molecule has 0 atom stereocenters. The zero-order valence-electron chi connectivity index (χ0n) is 6.23. The van der Waals surface area contributed by atoms with Crippen molar-refractivity contribution in [1.29, 1.82) is 0 Å². The van der Waals surface area contributed by atoms with Gasteiger partial charge in [0.2, 0.25) is 0 Å². The van der Waals surface area contributed by atoms with E-state index in [-0.39, 0.29) is 0 Å². The van der Waals surface area contributed by atoms with E-state index >= 15 is 0 Å². The van der Waals surface area contributed by atoms with E-state index in [4.69, 9.17) is 0 Å². The Kier molecular flexibility index (Phi) is 2.15. The third kappa shape index (κ3) is 1.41. The fourth-order valence-corrected chi connectivity index (χ4v) is 0.736. The van der Waals surface area contributed by atoms with Gasteiger partial charge in [0, 0.05) is 31.5 Å². The first kappa shape index (κ1) is 6.93. The molecule has 1 rings (SSSR count). The molecule has 0 aromatic heterocycles. The zero-order valence-corrected chi connectivity index (χ0v) is 6.23. The molecule has 2 N–H and O–H groups in total. The number of benzene rings is 1. The van der Waals surface area contributed by atoms with Crippen LogP contribution in [0.15, 0.2) is 18.2 Å². The highest BCUT2D eigenvalue weighted by Crippen LogP contribution is 2.10. The molecule has 0 aliphatic carbocycles. The molecule has 0 aliphatic rings. The van der Waals surface area contributed by atoms with E-state index in [2.05, 4.69) is 16.7 Å². The maximum atomic E-state index is 3.06. The fraction of sp³-hybridized carbons (Fsp3) is 0.250. The largest absolute Gasteiger partial charge is 0.388 e. The van der Waals surface area contributed by atoms with Crippen molar-refractivity contribution in [2.45, 2.75) is 0 Å². The van der Waals surface area contributed by atoms with Crippen LogP contribution in [0.1, 0.15) is 0 Å². The molecule has 1 radical (unpaired) electrons. The van der Waals surface area contributed by atoms with E-state index < -0.39 is 0 Å². The Balaban J connectivity index is 2.80. The first-order valence-electron chi connectivity index (χ1n) is 3.24. The zero-order chi connectivity index (χ0) is 7.40. The van der Waals surface area contributed by atoms with Crippen molar-refractivity contribution < 1.29 is 0 Å². The van der Waals surface area contributed by atoms with Gasteiger partial charge < -0.3 is 10.6 Å². The van der Waals surface area contributed by atoms with Gasteiger partial charge in [0.1, 0.15) is 0 Å². The molecule has 0 saturated heterocycles. The summed E-state index contributed by atoms with van der Waals surface area (Å²) in [5.74, 6) is 0. The Bertz CT molecular complexity index is 168. The quantitative estimate of drug-likeness (QED) is 0.643. The normalized spacial score (nSPS) is 9.00. The number of anilines is 2. The Morgan fingerprint density at radius 1 is 1.20 bits per heavy atom. The average Bonchev–Trinajstić information content (AvgIpc) is 2.05. The Morgan fingerprint density at radius 2 is 2.00 bits per heavy atom. The number of hydrogen-bond donors (Lipinski definition) is 2. The number of nitrogens with one attached hydrogen (secondary N) is 2. The SMILES string of the molecule is CNc1[c]cc(NC)cc1. The molecule has 1 aromatic carbocycles. The van der Waals surface area contributed by atoms with Crippen LogP contribution >= 0.6 is 0 Å². The second kappa shape index (κ2) is 3.11. The summed E-state index contributed by atoms with van der Waals surface area (Å²) in [5, 5.41) is 6.01. The summed E-state index contributed by atoms with van der Waals surface area (Å²) in [6.07, 6.45) is 0. The molecule has 0 spiro atoms. The summed E-state index contributed by atoms with van der Waals surface area (Å²) in [5.41, 5.74) is 2.10. The van der Waals surface area contributed by atoms with Crippen LogP contribution in [0.2, 0.25) is 0 Å². The summed E-state index contributed by atoms with van der Waals surface area (Å²) >= 11 is 0. The van der Waals surface area contributed by atoms with Crippen LogP contribution in [0.3, 0.4) is 0 Å². The predicted molar refractivity (Wildman–Crippen MR) is 44.4 cm³/mol. The summed E-state index contributed by atoms with van der Waals surface area (Å²) in [4.78, 5) is 0. The fourth-order valence-electron chi connectivity index (χ4n) is 0.736. The van der Waals surface area contributed by atoms with Gasteiger partial charge in [-0.2, -0.15) is 0 Å². The molecular formula is C8H11N2. The first-order chi connectivity index (χ1) is 4.86. The monoisotopic (exact) mass is 135 g/mol.